The Bertz CT molecular complexity index is 637. The second-order valence-corrected chi connectivity index (χ2v) is 4.56. The van der Waals surface area contributed by atoms with Crippen LogP contribution in [0.5, 0.6) is 0 Å². The SMILES string of the molecule is CCCn1c(CO)nnc1-c1cc(C)cc([N+](=O)[O-])c1. The van der Waals surface area contributed by atoms with Crippen LogP contribution < -0.4 is 0 Å². The first kappa shape index (κ1) is 14.1. The van der Waals surface area contributed by atoms with Gasteiger partial charge in [-0.25, -0.2) is 0 Å². The first-order valence-corrected chi connectivity index (χ1v) is 6.36. The molecule has 0 saturated carbocycles. The van der Waals surface area contributed by atoms with Gasteiger partial charge in [-0.05, 0) is 25.0 Å². The van der Waals surface area contributed by atoms with Crippen molar-refractivity contribution in [1.82, 2.24) is 14.8 Å². The quantitative estimate of drug-likeness (QED) is 0.666. The lowest BCUT2D eigenvalue weighted by Gasteiger charge is -2.08. The molecule has 0 atom stereocenters. The first-order valence-electron chi connectivity index (χ1n) is 6.36. The fraction of sp³-hybridized carbons (Fsp3) is 0.385. The number of aryl methyl sites for hydroxylation is 1. The van der Waals surface area contributed by atoms with Gasteiger partial charge in [0.15, 0.2) is 11.6 Å². The molecule has 106 valence electrons. The molecule has 2 aromatic rings. The van der Waals surface area contributed by atoms with E-state index < -0.39 is 4.92 Å². The van der Waals surface area contributed by atoms with Crippen LogP contribution in [0.15, 0.2) is 18.2 Å². The fourth-order valence-electron chi connectivity index (χ4n) is 2.12. The van der Waals surface area contributed by atoms with E-state index in [-0.39, 0.29) is 12.3 Å². The lowest BCUT2D eigenvalue weighted by atomic mass is 10.1. The Hall–Kier alpha value is -2.28. The lowest BCUT2D eigenvalue weighted by Crippen LogP contribution is -2.05. The van der Waals surface area contributed by atoms with Gasteiger partial charge in [0.25, 0.3) is 5.69 Å². The molecule has 0 saturated heterocycles. The molecule has 1 aromatic carbocycles. The van der Waals surface area contributed by atoms with Gasteiger partial charge in [-0.3, -0.25) is 10.1 Å². The van der Waals surface area contributed by atoms with E-state index >= 15 is 0 Å². The first-order chi connectivity index (χ1) is 9.56. The third-order valence-electron chi connectivity index (χ3n) is 2.95. The second-order valence-electron chi connectivity index (χ2n) is 4.56. The molecular formula is C13H16N4O3. The highest BCUT2D eigenvalue weighted by molar-refractivity contribution is 5.61. The van der Waals surface area contributed by atoms with Gasteiger partial charge < -0.3 is 9.67 Å². The second kappa shape index (κ2) is 5.79. The van der Waals surface area contributed by atoms with Gasteiger partial charge in [0.05, 0.1) is 4.92 Å². The summed E-state index contributed by atoms with van der Waals surface area (Å²) >= 11 is 0. The summed E-state index contributed by atoms with van der Waals surface area (Å²) in [7, 11) is 0. The zero-order chi connectivity index (χ0) is 14.7. The van der Waals surface area contributed by atoms with E-state index in [0.717, 1.165) is 12.0 Å². The van der Waals surface area contributed by atoms with Crippen molar-refractivity contribution in [2.45, 2.75) is 33.4 Å². The van der Waals surface area contributed by atoms with Gasteiger partial charge >= 0.3 is 0 Å². The predicted molar refractivity (Wildman–Crippen MR) is 73.1 cm³/mol. The Morgan fingerprint density at radius 2 is 2.10 bits per heavy atom. The molecule has 0 fully saturated rings. The number of aromatic nitrogens is 3. The summed E-state index contributed by atoms with van der Waals surface area (Å²) < 4.78 is 1.79. The lowest BCUT2D eigenvalue weighted by molar-refractivity contribution is -0.384. The van der Waals surface area contributed by atoms with E-state index in [2.05, 4.69) is 10.2 Å². The highest BCUT2D eigenvalue weighted by atomic mass is 16.6. The maximum atomic E-state index is 10.9. The number of hydrogen-bond donors (Lipinski definition) is 1. The maximum absolute atomic E-state index is 10.9. The normalized spacial score (nSPS) is 10.8. The molecule has 1 aromatic heterocycles. The maximum Gasteiger partial charge on any atom is 0.270 e. The summed E-state index contributed by atoms with van der Waals surface area (Å²) in [6, 6.07) is 4.81. The molecule has 7 heteroatoms. The molecule has 0 unspecified atom stereocenters. The average Bonchev–Trinajstić information content (AvgIpc) is 2.81. The Morgan fingerprint density at radius 1 is 1.35 bits per heavy atom. The van der Waals surface area contributed by atoms with E-state index in [1.165, 1.54) is 12.1 Å². The molecule has 1 N–H and O–H groups in total. The van der Waals surface area contributed by atoms with Crippen LogP contribution in [-0.4, -0.2) is 24.8 Å². The van der Waals surface area contributed by atoms with E-state index in [0.29, 0.717) is 23.8 Å². The molecule has 0 radical (unpaired) electrons. The third-order valence-corrected chi connectivity index (χ3v) is 2.95. The largest absolute Gasteiger partial charge is 0.388 e. The van der Waals surface area contributed by atoms with Crippen molar-refractivity contribution in [2.75, 3.05) is 0 Å². The minimum atomic E-state index is -0.427. The number of aliphatic hydroxyl groups is 1. The van der Waals surface area contributed by atoms with Crippen LogP contribution in [0.3, 0.4) is 0 Å². The van der Waals surface area contributed by atoms with E-state index in [4.69, 9.17) is 0 Å². The summed E-state index contributed by atoms with van der Waals surface area (Å²) in [4.78, 5) is 10.5. The van der Waals surface area contributed by atoms with Crippen molar-refractivity contribution < 1.29 is 10.0 Å². The monoisotopic (exact) mass is 276 g/mol. The zero-order valence-corrected chi connectivity index (χ0v) is 11.4. The van der Waals surface area contributed by atoms with Crippen molar-refractivity contribution in [1.29, 1.82) is 0 Å². The van der Waals surface area contributed by atoms with Gasteiger partial charge in [-0.15, -0.1) is 10.2 Å². The van der Waals surface area contributed by atoms with Crippen molar-refractivity contribution >= 4 is 5.69 Å². The molecule has 0 amide bonds. The molecular weight excluding hydrogens is 260 g/mol. The highest BCUT2D eigenvalue weighted by Gasteiger charge is 2.16. The third kappa shape index (κ3) is 2.67. The fourth-order valence-corrected chi connectivity index (χ4v) is 2.12. The molecule has 2 rings (SSSR count). The number of rotatable bonds is 5. The minimum absolute atomic E-state index is 0.0246. The number of nitro groups is 1. The number of nitrogens with zero attached hydrogens (tertiary/aromatic N) is 4. The van der Waals surface area contributed by atoms with E-state index in [1.54, 1.807) is 11.5 Å². The van der Waals surface area contributed by atoms with Gasteiger partial charge in [0, 0.05) is 24.2 Å². The Morgan fingerprint density at radius 3 is 2.70 bits per heavy atom. The molecule has 1 heterocycles. The standard InChI is InChI=1S/C13H16N4O3/c1-3-4-16-12(8-18)14-15-13(16)10-5-9(2)6-11(7-10)17(19)20/h5-7,18H,3-4,8H2,1-2H3. The van der Waals surface area contributed by atoms with Crippen LogP contribution in [-0.2, 0) is 13.2 Å². The summed E-state index contributed by atoms with van der Waals surface area (Å²) in [5.41, 5.74) is 1.44. The van der Waals surface area contributed by atoms with Crippen molar-refractivity contribution in [3.63, 3.8) is 0 Å². The molecule has 20 heavy (non-hydrogen) atoms. The summed E-state index contributed by atoms with van der Waals surface area (Å²) in [5.74, 6) is 1.01. The van der Waals surface area contributed by atoms with Crippen molar-refractivity contribution in [2.24, 2.45) is 0 Å². The van der Waals surface area contributed by atoms with Gasteiger partial charge in [0.1, 0.15) is 6.61 Å². The highest BCUT2D eigenvalue weighted by Crippen LogP contribution is 2.25. The van der Waals surface area contributed by atoms with E-state index in [9.17, 15) is 15.2 Å². The topological polar surface area (TPSA) is 94.1 Å². The Balaban J connectivity index is 2.56. The minimum Gasteiger partial charge on any atom is -0.388 e. The number of nitro benzene ring substituents is 1. The van der Waals surface area contributed by atoms with Crippen LogP contribution in [0.1, 0.15) is 24.7 Å². The summed E-state index contributed by atoms with van der Waals surface area (Å²) in [6.45, 7) is 4.24. The van der Waals surface area contributed by atoms with Crippen molar-refractivity contribution in [3.05, 3.63) is 39.7 Å². The molecule has 0 spiro atoms. The summed E-state index contributed by atoms with van der Waals surface area (Å²) in [5, 5.41) is 28.2. The number of aliphatic hydroxyl groups excluding tert-OH is 1. The summed E-state index contributed by atoms with van der Waals surface area (Å²) in [6.07, 6.45) is 0.853. The van der Waals surface area contributed by atoms with Gasteiger partial charge in [-0.2, -0.15) is 0 Å². The van der Waals surface area contributed by atoms with Crippen LogP contribution >= 0.6 is 0 Å². The van der Waals surface area contributed by atoms with Crippen LogP contribution in [0, 0.1) is 17.0 Å². The van der Waals surface area contributed by atoms with E-state index in [1.807, 2.05) is 13.0 Å². The van der Waals surface area contributed by atoms with Gasteiger partial charge in [0.2, 0.25) is 0 Å². The number of non-ortho nitro benzene ring substituents is 1. The van der Waals surface area contributed by atoms with Crippen LogP contribution in [0.25, 0.3) is 11.4 Å². The number of benzene rings is 1. The van der Waals surface area contributed by atoms with Crippen LogP contribution in [0.4, 0.5) is 5.69 Å². The Labute approximate surface area is 116 Å². The average molecular weight is 276 g/mol. The molecule has 0 aliphatic carbocycles. The molecule has 7 nitrogen and oxygen atoms in total. The smallest absolute Gasteiger partial charge is 0.270 e. The van der Waals surface area contributed by atoms with Crippen LogP contribution in [0.2, 0.25) is 0 Å². The van der Waals surface area contributed by atoms with Gasteiger partial charge in [-0.1, -0.05) is 6.92 Å². The Kier molecular flexibility index (Phi) is 4.09. The molecule has 0 bridgehead atoms. The molecule has 0 aliphatic heterocycles. The van der Waals surface area contributed by atoms with Crippen molar-refractivity contribution in [3.8, 4) is 11.4 Å². The predicted octanol–water partition coefficient (Wildman–Crippen LogP) is 2.06. The number of hydrogen-bond acceptors (Lipinski definition) is 5. The zero-order valence-electron chi connectivity index (χ0n) is 11.4. The molecule has 0 aliphatic rings.